The minimum Gasteiger partial charge on any atom is -0.381 e. The van der Waals surface area contributed by atoms with Crippen molar-refractivity contribution in [3.63, 3.8) is 0 Å². The van der Waals surface area contributed by atoms with Crippen LogP contribution in [0.4, 0.5) is 9.59 Å². The molecule has 0 radical (unpaired) electrons. The highest BCUT2D eigenvalue weighted by Crippen LogP contribution is 2.30. The first-order valence-electron chi connectivity index (χ1n) is 14.6. The molecule has 218 valence electrons. The van der Waals surface area contributed by atoms with Gasteiger partial charge in [0, 0.05) is 39.9 Å². The second kappa shape index (κ2) is 14.8. The van der Waals surface area contributed by atoms with Crippen LogP contribution in [0.25, 0.3) is 0 Å². The predicted molar refractivity (Wildman–Crippen MR) is 149 cm³/mol. The first-order chi connectivity index (χ1) is 17.9. The molecule has 0 aromatic heterocycles. The zero-order chi connectivity index (χ0) is 28.3. The van der Waals surface area contributed by atoms with Crippen LogP contribution in [0.2, 0.25) is 0 Å². The maximum absolute atomic E-state index is 12.2. The fourth-order valence-electron chi connectivity index (χ4n) is 5.35. The van der Waals surface area contributed by atoms with E-state index in [1.807, 2.05) is 6.92 Å². The Kier molecular flexibility index (Phi) is 12.5. The molecule has 0 aromatic rings. The summed E-state index contributed by atoms with van der Waals surface area (Å²) in [6.45, 7) is 14.6. The summed E-state index contributed by atoms with van der Waals surface area (Å²) >= 11 is 0. The highest BCUT2D eigenvalue weighted by Gasteiger charge is 2.35. The molecule has 0 aromatic carbocycles. The van der Waals surface area contributed by atoms with Crippen molar-refractivity contribution in [2.75, 3.05) is 53.0 Å². The van der Waals surface area contributed by atoms with Crippen molar-refractivity contribution < 1.29 is 23.9 Å². The number of rotatable bonds is 19. The molecule has 0 bridgehead atoms. The van der Waals surface area contributed by atoms with Gasteiger partial charge in [-0.2, -0.15) is 0 Å². The van der Waals surface area contributed by atoms with E-state index in [1.165, 1.54) is 14.7 Å². The number of likely N-dealkylation sites (N-methyl/N-ethyl adjacent to an activating group) is 2. The molecule has 2 rings (SSSR count). The average molecular weight is 537 g/mol. The fourth-order valence-corrected chi connectivity index (χ4v) is 5.35. The topological polar surface area (TPSA) is 90.5 Å². The van der Waals surface area contributed by atoms with E-state index in [2.05, 4.69) is 27.7 Å². The maximum atomic E-state index is 12.2. The number of unbranched alkanes of at least 4 members (excludes halogenated alkanes) is 2. The molecule has 9 nitrogen and oxygen atoms in total. The summed E-state index contributed by atoms with van der Waals surface area (Å²) in [4.78, 5) is 54.0. The maximum Gasteiger partial charge on any atom is 0.327 e. The molecule has 0 unspecified atom stereocenters. The molecular weight excluding hydrogens is 484 g/mol. The van der Waals surface area contributed by atoms with Crippen LogP contribution in [-0.2, 0) is 14.3 Å². The van der Waals surface area contributed by atoms with Crippen molar-refractivity contribution in [3.05, 3.63) is 0 Å². The van der Waals surface area contributed by atoms with Crippen LogP contribution in [-0.4, -0.2) is 96.5 Å². The summed E-state index contributed by atoms with van der Waals surface area (Å²) in [5, 5.41) is 0. The largest absolute Gasteiger partial charge is 0.381 e. The molecule has 0 N–H and O–H groups in total. The highest BCUT2D eigenvalue weighted by atomic mass is 16.5. The standard InChI is InChI=1S/C29H52N4O5/c1-7-31-23-25(35)33(27(31)37)19-13-17-29(4,5)15-9-11-21-38-20-10-8-14-28(2,3)16-12-18-32-24(34)22-30(6)26(32)36/h7-23H2,1-6H3. The lowest BCUT2D eigenvalue weighted by molar-refractivity contribution is -0.126. The number of amides is 6. The van der Waals surface area contributed by atoms with Gasteiger partial charge in [-0.1, -0.05) is 40.5 Å². The Labute approximate surface area is 230 Å². The quantitative estimate of drug-likeness (QED) is 0.169. The van der Waals surface area contributed by atoms with E-state index >= 15 is 0 Å². The van der Waals surface area contributed by atoms with Crippen LogP contribution in [0.3, 0.4) is 0 Å². The third-order valence-electron chi connectivity index (χ3n) is 8.00. The van der Waals surface area contributed by atoms with E-state index in [0.717, 1.165) is 77.4 Å². The molecule has 2 fully saturated rings. The monoisotopic (exact) mass is 536 g/mol. The van der Waals surface area contributed by atoms with Crippen molar-refractivity contribution in [1.29, 1.82) is 0 Å². The van der Waals surface area contributed by atoms with Crippen LogP contribution in [0.15, 0.2) is 0 Å². The Morgan fingerprint density at radius 2 is 1.11 bits per heavy atom. The van der Waals surface area contributed by atoms with Gasteiger partial charge in [0.1, 0.15) is 13.1 Å². The number of hydrogen-bond acceptors (Lipinski definition) is 5. The predicted octanol–water partition coefficient (Wildman–Crippen LogP) is 5.13. The van der Waals surface area contributed by atoms with E-state index in [-0.39, 0.29) is 47.8 Å². The molecule has 6 amide bonds. The van der Waals surface area contributed by atoms with Gasteiger partial charge >= 0.3 is 12.1 Å². The molecular formula is C29H52N4O5. The zero-order valence-electron chi connectivity index (χ0n) is 24.9. The third-order valence-corrected chi connectivity index (χ3v) is 8.00. The fraction of sp³-hybridized carbons (Fsp3) is 0.862. The van der Waals surface area contributed by atoms with Gasteiger partial charge in [0.2, 0.25) is 11.8 Å². The van der Waals surface area contributed by atoms with Gasteiger partial charge in [-0.05, 0) is 69.1 Å². The summed E-state index contributed by atoms with van der Waals surface area (Å²) in [5.74, 6) is -0.163. The lowest BCUT2D eigenvalue weighted by atomic mass is 9.82. The molecule has 0 spiro atoms. The number of carbonyl (C=O) groups is 4. The summed E-state index contributed by atoms with van der Waals surface area (Å²) in [6.07, 6.45) is 10.2. The van der Waals surface area contributed by atoms with Gasteiger partial charge < -0.3 is 14.5 Å². The van der Waals surface area contributed by atoms with Gasteiger partial charge in [0.05, 0.1) is 0 Å². The smallest absolute Gasteiger partial charge is 0.327 e. The summed E-state index contributed by atoms with van der Waals surface area (Å²) in [5.41, 5.74) is 0.376. The van der Waals surface area contributed by atoms with Crippen molar-refractivity contribution in [2.45, 2.75) is 98.8 Å². The molecule has 0 atom stereocenters. The number of hydrogen-bond donors (Lipinski definition) is 0. The Balaban J connectivity index is 1.46. The van der Waals surface area contributed by atoms with E-state index < -0.39 is 0 Å². The average Bonchev–Trinajstić information content (AvgIpc) is 3.25. The van der Waals surface area contributed by atoms with E-state index in [1.54, 1.807) is 11.9 Å². The highest BCUT2D eigenvalue weighted by molar-refractivity contribution is 6.02. The molecule has 2 aliphatic rings. The number of ether oxygens (including phenoxy) is 1. The number of urea groups is 2. The van der Waals surface area contributed by atoms with Gasteiger partial charge in [-0.25, -0.2) is 9.59 Å². The Bertz CT molecular complexity index is 813. The number of carbonyl (C=O) groups excluding carboxylic acids is 4. The van der Waals surface area contributed by atoms with Gasteiger partial charge in [0.25, 0.3) is 0 Å². The normalized spacial score (nSPS) is 17.1. The second-order valence-corrected chi connectivity index (χ2v) is 12.6. The van der Waals surface area contributed by atoms with Crippen molar-refractivity contribution in [2.24, 2.45) is 10.8 Å². The van der Waals surface area contributed by atoms with Crippen LogP contribution in [0.1, 0.15) is 98.8 Å². The molecule has 38 heavy (non-hydrogen) atoms. The second-order valence-electron chi connectivity index (χ2n) is 12.6. The van der Waals surface area contributed by atoms with Crippen molar-refractivity contribution in [3.8, 4) is 0 Å². The lowest BCUT2D eigenvalue weighted by Crippen LogP contribution is -2.34. The molecule has 0 aliphatic carbocycles. The minimum atomic E-state index is -0.176. The molecule has 2 aliphatic heterocycles. The summed E-state index contributed by atoms with van der Waals surface area (Å²) in [6, 6.07) is -0.317. The number of imide groups is 2. The molecule has 2 heterocycles. The van der Waals surface area contributed by atoms with E-state index in [4.69, 9.17) is 4.74 Å². The molecule has 0 saturated carbocycles. The third kappa shape index (κ3) is 10.2. The summed E-state index contributed by atoms with van der Waals surface area (Å²) < 4.78 is 5.87. The zero-order valence-corrected chi connectivity index (χ0v) is 24.9. The first kappa shape index (κ1) is 32.1. The van der Waals surface area contributed by atoms with Gasteiger partial charge in [-0.15, -0.1) is 0 Å². The SMILES string of the molecule is CCN1CC(=O)N(CCCC(C)(C)CCCCOCCCCC(C)(C)CCCN2C(=O)CN(C)C2=O)C1=O. The van der Waals surface area contributed by atoms with Crippen molar-refractivity contribution >= 4 is 23.9 Å². The minimum absolute atomic E-state index is 0.0727. The van der Waals surface area contributed by atoms with E-state index in [0.29, 0.717) is 19.6 Å². The molecule has 9 heteroatoms. The van der Waals surface area contributed by atoms with Crippen LogP contribution in [0.5, 0.6) is 0 Å². The Morgan fingerprint density at radius 1 is 0.658 bits per heavy atom. The lowest BCUT2D eigenvalue weighted by Gasteiger charge is -2.26. The van der Waals surface area contributed by atoms with Crippen LogP contribution < -0.4 is 0 Å². The number of nitrogens with zero attached hydrogens (tertiary/aromatic N) is 4. The first-order valence-corrected chi connectivity index (χ1v) is 14.6. The van der Waals surface area contributed by atoms with E-state index in [9.17, 15) is 19.2 Å². The molecule has 2 saturated heterocycles. The Morgan fingerprint density at radius 3 is 1.53 bits per heavy atom. The van der Waals surface area contributed by atoms with Gasteiger partial charge in [0.15, 0.2) is 0 Å². The van der Waals surface area contributed by atoms with Gasteiger partial charge in [-0.3, -0.25) is 19.4 Å². The van der Waals surface area contributed by atoms with Crippen molar-refractivity contribution in [1.82, 2.24) is 19.6 Å². The van der Waals surface area contributed by atoms with Crippen LogP contribution >= 0.6 is 0 Å². The Hall–Kier alpha value is -2.16. The van der Waals surface area contributed by atoms with Crippen LogP contribution in [0, 0.1) is 10.8 Å². The summed E-state index contributed by atoms with van der Waals surface area (Å²) in [7, 11) is 1.67.